The summed E-state index contributed by atoms with van der Waals surface area (Å²) in [4.78, 5) is 0.223. The van der Waals surface area contributed by atoms with E-state index in [1.165, 1.54) is 11.4 Å². The van der Waals surface area contributed by atoms with Crippen LogP contribution in [0.4, 0.5) is 0 Å². The van der Waals surface area contributed by atoms with Crippen molar-refractivity contribution in [2.24, 2.45) is 0 Å². The number of rotatable bonds is 5. The van der Waals surface area contributed by atoms with E-state index in [1.807, 2.05) is 0 Å². The highest BCUT2D eigenvalue weighted by Crippen LogP contribution is 2.26. The van der Waals surface area contributed by atoms with Crippen LogP contribution in [-0.2, 0) is 33.2 Å². The molecule has 22 heavy (non-hydrogen) atoms. The SMILES string of the molecule is CNS(=O)(=O)c1cccc2c1CCN(S(=O)(=O)NC(C)C)C2. The second kappa shape index (κ2) is 6.25. The average Bonchev–Trinajstić information content (AvgIpc) is 2.44. The van der Waals surface area contributed by atoms with Crippen molar-refractivity contribution in [1.29, 1.82) is 0 Å². The van der Waals surface area contributed by atoms with E-state index in [2.05, 4.69) is 9.44 Å². The molecule has 0 aliphatic carbocycles. The van der Waals surface area contributed by atoms with Crippen molar-refractivity contribution in [3.63, 3.8) is 0 Å². The van der Waals surface area contributed by atoms with Crippen LogP contribution in [0.5, 0.6) is 0 Å². The Morgan fingerprint density at radius 2 is 1.86 bits per heavy atom. The maximum atomic E-state index is 12.2. The molecule has 1 aromatic rings. The molecule has 1 aliphatic heterocycles. The molecule has 1 heterocycles. The van der Waals surface area contributed by atoms with Crippen LogP contribution in [0.1, 0.15) is 25.0 Å². The van der Waals surface area contributed by atoms with Gasteiger partial charge in [-0.25, -0.2) is 13.1 Å². The van der Waals surface area contributed by atoms with E-state index in [4.69, 9.17) is 0 Å². The van der Waals surface area contributed by atoms with Gasteiger partial charge in [-0.2, -0.15) is 17.4 Å². The van der Waals surface area contributed by atoms with Gasteiger partial charge in [-0.05, 0) is 44.5 Å². The molecule has 2 rings (SSSR count). The number of nitrogens with one attached hydrogen (secondary N) is 2. The number of nitrogens with zero attached hydrogens (tertiary/aromatic N) is 1. The van der Waals surface area contributed by atoms with Crippen molar-refractivity contribution in [3.05, 3.63) is 29.3 Å². The molecule has 0 saturated heterocycles. The van der Waals surface area contributed by atoms with E-state index in [1.54, 1.807) is 32.0 Å². The van der Waals surface area contributed by atoms with Gasteiger partial charge in [-0.1, -0.05) is 12.1 Å². The van der Waals surface area contributed by atoms with E-state index in [0.717, 1.165) is 5.56 Å². The molecule has 0 bridgehead atoms. The zero-order chi connectivity index (χ0) is 16.5. The molecular formula is C13H21N3O4S2. The quantitative estimate of drug-likeness (QED) is 0.795. The first kappa shape index (κ1) is 17.4. The molecule has 124 valence electrons. The maximum Gasteiger partial charge on any atom is 0.279 e. The molecule has 0 unspecified atom stereocenters. The Morgan fingerprint density at radius 3 is 2.45 bits per heavy atom. The summed E-state index contributed by atoms with van der Waals surface area (Å²) in [6.07, 6.45) is 0.366. The van der Waals surface area contributed by atoms with Crippen molar-refractivity contribution in [2.75, 3.05) is 13.6 Å². The summed E-state index contributed by atoms with van der Waals surface area (Å²) < 4.78 is 54.7. The predicted molar refractivity (Wildman–Crippen MR) is 84.0 cm³/mol. The maximum absolute atomic E-state index is 12.2. The molecule has 9 heteroatoms. The first-order valence-corrected chi connectivity index (χ1v) is 9.91. The second-order valence-electron chi connectivity index (χ2n) is 5.46. The van der Waals surface area contributed by atoms with Crippen LogP contribution in [0.15, 0.2) is 23.1 Å². The molecule has 0 radical (unpaired) electrons. The summed E-state index contributed by atoms with van der Waals surface area (Å²) in [7, 11) is -5.74. The monoisotopic (exact) mass is 347 g/mol. The van der Waals surface area contributed by atoms with Gasteiger partial charge in [0.25, 0.3) is 10.2 Å². The van der Waals surface area contributed by atoms with E-state index in [-0.39, 0.29) is 24.0 Å². The molecule has 1 aromatic carbocycles. The molecule has 2 N–H and O–H groups in total. The lowest BCUT2D eigenvalue weighted by Gasteiger charge is -2.29. The lowest BCUT2D eigenvalue weighted by molar-refractivity contribution is 0.378. The van der Waals surface area contributed by atoms with E-state index in [0.29, 0.717) is 12.0 Å². The standard InChI is InChI=1S/C13H21N3O4S2/c1-10(2)15-22(19,20)16-8-7-12-11(9-16)5-4-6-13(12)21(17,18)14-3/h4-6,10,14-15H,7-9H2,1-3H3. The Labute approximate surface area is 131 Å². The fourth-order valence-corrected chi connectivity index (χ4v) is 4.91. The summed E-state index contributed by atoms with van der Waals surface area (Å²) in [6, 6.07) is 4.75. The Bertz CT molecular complexity index is 757. The number of fused-ring (bicyclic) bond motifs is 1. The molecular weight excluding hydrogens is 326 g/mol. The molecule has 0 spiro atoms. The summed E-state index contributed by atoms with van der Waals surface area (Å²) >= 11 is 0. The zero-order valence-corrected chi connectivity index (χ0v) is 14.5. The van der Waals surface area contributed by atoms with Gasteiger partial charge in [0.1, 0.15) is 0 Å². The topological polar surface area (TPSA) is 95.6 Å². The number of sulfonamides is 1. The van der Waals surface area contributed by atoms with Gasteiger partial charge in [0.05, 0.1) is 4.90 Å². The Kier molecular flexibility index (Phi) is 4.93. The summed E-state index contributed by atoms with van der Waals surface area (Å²) in [5.41, 5.74) is 1.41. The van der Waals surface area contributed by atoms with E-state index < -0.39 is 20.2 Å². The summed E-state index contributed by atoms with van der Waals surface area (Å²) in [5, 5.41) is 0. The molecule has 0 saturated carbocycles. The molecule has 0 atom stereocenters. The van der Waals surface area contributed by atoms with Crippen LogP contribution in [0.2, 0.25) is 0 Å². The summed E-state index contributed by atoms with van der Waals surface area (Å²) in [5.74, 6) is 0. The van der Waals surface area contributed by atoms with Crippen molar-refractivity contribution < 1.29 is 16.8 Å². The molecule has 1 aliphatic rings. The lowest BCUT2D eigenvalue weighted by Crippen LogP contribution is -2.45. The largest absolute Gasteiger partial charge is 0.279 e. The van der Waals surface area contributed by atoms with Gasteiger partial charge < -0.3 is 0 Å². The Balaban J connectivity index is 2.36. The van der Waals surface area contributed by atoms with Crippen molar-refractivity contribution >= 4 is 20.2 Å². The van der Waals surface area contributed by atoms with Crippen LogP contribution in [-0.4, -0.2) is 40.8 Å². The Morgan fingerprint density at radius 1 is 1.18 bits per heavy atom. The molecule has 7 nitrogen and oxygen atoms in total. The summed E-state index contributed by atoms with van der Waals surface area (Å²) in [6.45, 7) is 3.94. The molecule has 0 aromatic heterocycles. The fourth-order valence-electron chi connectivity index (χ4n) is 2.49. The zero-order valence-electron chi connectivity index (χ0n) is 12.8. The molecule has 0 fully saturated rings. The average molecular weight is 347 g/mol. The predicted octanol–water partition coefficient (Wildman–Crippen LogP) is 0.196. The van der Waals surface area contributed by atoms with E-state index in [9.17, 15) is 16.8 Å². The van der Waals surface area contributed by atoms with Crippen LogP contribution >= 0.6 is 0 Å². The van der Waals surface area contributed by atoms with Crippen LogP contribution in [0.3, 0.4) is 0 Å². The van der Waals surface area contributed by atoms with Gasteiger partial charge in [0, 0.05) is 19.1 Å². The normalized spacial score (nSPS) is 16.7. The van der Waals surface area contributed by atoms with Crippen molar-refractivity contribution in [1.82, 2.24) is 13.7 Å². The van der Waals surface area contributed by atoms with Crippen molar-refractivity contribution in [3.8, 4) is 0 Å². The lowest BCUT2D eigenvalue weighted by atomic mass is 10.0. The van der Waals surface area contributed by atoms with Crippen LogP contribution in [0, 0.1) is 0 Å². The van der Waals surface area contributed by atoms with Gasteiger partial charge in [-0.15, -0.1) is 0 Å². The van der Waals surface area contributed by atoms with Gasteiger partial charge in [0.2, 0.25) is 10.0 Å². The fraction of sp³-hybridized carbons (Fsp3) is 0.538. The van der Waals surface area contributed by atoms with E-state index >= 15 is 0 Å². The highest BCUT2D eigenvalue weighted by atomic mass is 32.2. The molecule has 0 amide bonds. The Hall–Kier alpha value is -1.00. The minimum absolute atomic E-state index is 0.171. The number of hydrogen-bond acceptors (Lipinski definition) is 4. The third kappa shape index (κ3) is 3.49. The third-order valence-corrected chi connectivity index (χ3v) is 6.73. The minimum atomic E-state index is -3.56. The van der Waals surface area contributed by atoms with Crippen LogP contribution < -0.4 is 9.44 Å². The van der Waals surface area contributed by atoms with Gasteiger partial charge in [0.15, 0.2) is 0 Å². The van der Waals surface area contributed by atoms with Crippen LogP contribution in [0.25, 0.3) is 0 Å². The van der Waals surface area contributed by atoms with Crippen molar-refractivity contribution in [2.45, 2.75) is 37.8 Å². The third-order valence-electron chi connectivity index (χ3n) is 3.47. The number of benzene rings is 1. The number of hydrogen-bond donors (Lipinski definition) is 2. The highest BCUT2D eigenvalue weighted by molar-refractivity contribution is 7.89. The first-order valence-electron chi connectivity index (χ1n) is 6.99. The smallest absolute Gasteiger partial charge is 0.214 e. The van der Waals surface area contributed by atoms with Gasteiger partial charge >= 0.3 is 0 Å². The minimum Gasteiger partial charge on any atom is -0.214 e. The first-order chi connectivity index (χ1) is 10.2. The van der Waals surface area contributed by atoms with Gasteiger partial charge in [-0.3, -0.25) is 0 Å². The second-order valence-corrected chi connectivity index (χ2v) is 9.02. The highest BCUT2D eigenvalue weighted by Gasteiger charge is 2.30.